The second kappa shape index (κ2) is 8.86. The molecule has 0 radical (unpaired) electrons. The van der Waals surface area contributed by atoms with Gasteiger partial charge < -0.3 is 19.9 Å². The standard InChI is InChI=1S/C20H21N3O5/c1-20(2,3)28-19(26)23-16(18(24)25)11-13-6-8-15(9-7-13)27-17-14(12-21)5-4-10-22-17/h4-10,16H,11H2,1-3H3,(H,23,26)(H,24,25)/t16-/m0/s1. The van der Waals surface area contributed by atoms with E-state index in [1.54, 1.807) is 57.2 Å². The predicted molar refractivity (Wildman–Crippen MR) is 100.0 cm³/mol. The summed E-state index contributed by atoms with van der Waals surface area (Å²) in [5.74, 6) is -0.531. The number of rotatable bonds is 6. The quantitative estimate of drug-likeness (QED) is 0.785. The van der Waals surface area contributed by atoms with Crippen molar-refractivity contribution in [1.29, 1.82) is 5.26 Å². The van der Waals surface area contributed by atoms with Crippen molar-refractivity contribution in [1.82, 2.24) is 10.3 Å². The lowest BCUT2D eigenvalue weighted by molar-refractivity contribution is -0.139. The molecule has 1 aromatic carbocycles. The molecule has 1 heterocycles. The molecule has 1 aromatic heterocycles. The minimum atomic E-state index is -1.17. The highest BCUT2D eigenvalue weighted by Crippen LogP contribution is 2.23. The van der Waals surface area contributed by atoms with Gasteiger partial charge in [0.15, 0.2) is 0 Å². The number of carbonyl (C=O) groups excluding carboxylic acids is 1. The summed E-state index contributed by atoms with van der Waals surface area (Å²) in [6.45, 7) is 5.08. The Labute approximate surface area is 162 Å². The Morgan fingerprint density at radius 1 is 1.25 bits per heavy atom. The molecule has 8 nitrogen and oxygen atoms in total. The maximum Gasteiger partial charge on any atom is 0.408 e. The first-order valence-corrected chi connectivity index (χ1v) is 8.52. The molecule has 0 saturated carbocycles. The SMILES string of the molecule is CC(C)(C)OC(=O)N[C@@H](Cc1ccc(Oc2ncccc2C#N)cc1)C(=O)O. The molecule has 8 heteroatoms. The van der Waals surface area contributed by atoms with Crippen molar-refractivity contribution in [2.75, 3.05) is 0 Å². The summed E-state index contributed by atoms with van der Waals surface area (Å²) >= 11 is 0. The Kier molecular flexibility index (Phi) is 6.55. The van der Waals surface area contributed by atoms with Gasteiger partial charge in [0.1, 0.15) is 29.0 Å². The molecule has 0 spiro atoms. The molecular weight excluding hydrogens is 362 g/mol. The van der Waals surface area contributed by atoms with Crippen molar-refractivity contribution < 1.29 is 24.2 Å². The molecule has 0 aliphatic carbocycles. The van der Waals surface area contributed by atoms with E-state index in [-0.39, 0.29) is 12.3 Å². The third-order valence-corrected chi connectivity index (χ3v) is 3.46. The van der Waals surface area contributed by atoms with Gasteiger partial charge in [-0.05, 0) is 50.6 Å². The molecule has 0 aliphatic heterocycles. The third-order valence-electron chi connectivity index (χ3n) is 3.46. The Hall–Kier alpha value is -3.60. The van der Waals surface area contributed by atoms with Gasteiger partial charge in [-0.15, -0.1) is 0 Å². The van der Waals surface area contributed by atoms with Gasteiger partial charge in [-0.25, -0.2) is 14.6 Å². The van der Waals surface area contributed by atoms with Gasteiger partial charge in [0.05, 0.1) is 0 Å². The molecule has 2 rings (SSSR count). The van der Waals surface area contributed by atoms with E-state index in [4.69, 9.17) is 14.7 Å². The average Bonchev–Trinajstić information content (AvgIpc) is 2.61. The molecular formula is C20H21N3O5. The number of benzene rings is 1. The first-order valence-electron chi connectivity index (χ1n) is 8.52. The first kappa shape index (κ1) is 20.7. The lowest BCUT2D eigenvalue weighted by Crippen LogP contribution is -2.44. The normalized spacial score (nSPS) is 11.8. The van der Waals surface area contributed by atoms with E-state index in [2.05, 4.69) is 10.3 Å². The zero-order valence-electron chi connectivity index (χ0n) is 15.8. The molecule has 2 N–H and O–H groups in total. The molecule has 146 valence electrons. The summed E-state index contributed by atoms with van der Waals surface area (Å²) in [4.78, 5) is 27.3. The van der Waals surface area contributed by atoms with Crippen molar-refractivity contribution in [2.24, 2.45) is 0 Å². The highest BCUT2D eigenvalue weighted by Gasteiger charge is 2.24. The number of nitriles is 1. The van der Waals surface area contributed by atoms with Gasteiger partial charge in [-0.3, -0.25) is 0 Å². The van der Waals surface area contributed by atoms with Crippen molar-refractivity contribution in [3.63, 3.8) is 0 Å². The number of aliphatic carboxylic acids is 1. The predicted octanol–water partition coefficient (Wildman–Crippen LogP) is 3.27. The topological polar surface area (TPSA) is 122 Å². The van der Waals surface area contributed by atoms with Crippen LogP contribution in [0.25, 0.3) is 0 Å². The molecule has 2 aromatic rings. The Morgan fingerprint density at radius 3 is 2.50 bits per heavy atom. The van der Waals surface area contributed by atoms with E-state index in [1.807, 2.05) is 6.07 Å². The summed E-state index contributed by atoms with van der Waals surface area (Å²) in [5.41, 5.74) is 0.260. The minimum Gasteiger partial charge on any atom is -0.480 e. The van der Waals surface area contributed by atoms with Crippen molar-refractivity contribution in [3.8, 4) is 17.7 Å². The second-order valence-electron chi connectivity index (χ2n) is 6.96. The van der Waals surface area contributed by atoms with Crippen molar-refractivity contribution in [2.45, 2.75) is 38.8 Å². The van der Waals surface area contributed by atoms with Crippen LogP contribution in [0.4, 0.5) is 4.79 Å². The molecule has 1 atom stereocenters. The van der Waals surface area contributed by atoms with Gasteiger partial charge in [0.25, 0.3) is 0 Å². The number of alkyl carbamates (subject to hydrolysis) is 1. The van der Waals surface area contributed by atoms with Crippen LogP contribution < -0.4 is 10.1 Å². The van der Waals surface area contributed by atoms with Crippen LogP contribution in [0.15, 0.2) is 42.6 Å². The van der Waals surface area contributed by atoms with Crippen molar-refractivity contribution >= 4 is 12.1 Å². The molecule has 0 aliphatic rings. The minimum absolute atomic E-state index is 0.0713. The van der Waals surface area contributed by atoms with Gasteiger partial charge in [0, 0.05) is 12.6 Å². The largest absolute Gasteiger partial charge is 0.480 e. The molecule has 0 saturated heterocycles. The van der Waals surface area contributed by atoms with Crippen LogP contribution >= 0.6 is 0 Å². The summed E-state index contributed by atoms with van der Waals surface area (Å²) in [5, 5.41) is 20.8. The smallest absolute Gasteiger partial charge is 0.408 e. The zero-order chi connectivity index (χ0) is 20.7. The summed E-state index contributed by atoms with van der Waals surface area (Å²) < 4.78 is 10.7. The number of ether oxygens (including phenoxy) is 2. The number of amides is 1. The van der Waals surface area contributed by atoms with Crippen LogP contribution in [-0.2, 0) is 16.0 Å². The first-order chi connectivity index (χ1) is 13.2. The number of pyridine rings is 1. The molecule has 0 bridgehead atoms. The number of hydrogen-bond acceptors (Lipinski definition) is 6. The highest BCUT2D eigenvalue weighted by molar-refractivity contribution is 5.80. The fourth-order valence-corrected chi connectivity index (χ4v) is 2.25. The van der Waals surface area contributed by atoms with Gasteiger partial charge in [0.2, 0.25) is 5.88 Å². The van der Waals surface area contributed by atoms with E-state index >= 15 is 0 Å². The number of carboxylic acid groups (broad SMARTS) is 1. The zero-order valence-corrected chi connectivity index (χ0v) is 15.8. The van der Waals surface area contributed by atoms with Crippen molar-refractivity contribution in [3.05, 3.63) is 53.7 Å². The van der Waals surface area contributed by atoms with E-state index in [0.29, 0.717) is 16.9 Å². The maximum atomic E-state index is 11.8. The summed E-state index contributed by atoms with van der Waals surface area (Å²) in [6.07, 6.45) is 0.797. The number of carboxylic acids is 1. The van der Waals surface area contributed by atoms with Gasteiger partial charge >= 0.3 is 12.1 Å². The van der Waals surface area contributed by atoms with Crippen LogP contribution in [-0.4, -0.2) is 33.8 Å². The summed E-state index contributed by atoms with van der Waals surface area (Å²) in [6, 6.07) is 10.7. The summed E-state index contributed by atoms with van der Waals surface area (Å²) in [7, 11) is 0. The fourth-order valence-electron chi connectivity index (χ4n) is 2.25. The van der Waals surface area contributed by atoms with E-state index in [0.717, 1.165) is 0 Å². The molecule has 0 fully saturated rings. The molecule has 0 unspecified atom stereocenters. The van der Waals surface area contributed by atoms with E-state index < -0.39 is 23.7 Å². The highest BCUT2D eigenvalue weighted by atomic mass is 16.6. The number of hydrogen-bond donors (Lipinski definition) is 2. The molecule has 28 heavy (non-hydrogen) atoms. The second-order valence-corrected chi connectivity index (χ2v) is 6.96. The lowest BCUT2D eigenvalue weighted by atomic mass is 10.1. The molecule has 1 amide bonds. The fraction of sp³-hybridized carbons (Fsp3) is 0.300. The lowest BCUT2D eigenvalue weighted by Gasteiger charge is -2.22. The third kappa shape index (κ3) is 6.29. The van der Waals surface area contributed by atoms with Gasteiger partial charge in [-0.1, -0.05) is 12.1 Å². The number of nitrogens with zero attached hydrogens (tertiary/aromatic N) is 2. The van der Waals surface area contributed by atoms with Crippen LogP contribution in [0.2, 0.25) is 0 Å². The number of nitrogens with one attached hydrogen (secondary N) is 1. The number of carbonyl (C=O) groups is 2. The van der Waals surface area contributed by atoms with Crippen LogP contribution in [0.3, 0.4) is 0 Å². The monoisotopic (exact) mass is 383 g/mol. The van der Waals surface area contributed by atoms with Crippen LogP contribution in [0.5, 0.6) is 11.6 Å². The van der Waals surface area contributed by atoms with Crippen LogP contribution in [0, 0.1) is 11.3 Å². The van der Waals surface area contributed by atoms with E-state index in [1.165, 1.54) is 6.20 Å². The Morgan fingerprint density at radius 2 is 1.93 bits per heavy atom. The number of aromatic nitrogens is 1. The van der Waals surface area contributed by atoms with E-state index in [9.17, 15) is 14.7 Å². The Bertz CT molecular complexity index is 882. The van der Waals surface area contributed by atoms with Gasteiger partial charge in [-0.2, -0.15) is 5.26 Å². The maximum absolute atomic E-state index is 11.8. The van der Waals surface area contributed by atoms with Crippen LogP contribution in [0.1, 0.15) is 31.9 Å². The Balaban J connectivity index is 2.04. The average molecular weight is 383 g/mol.